The van der Waals surface area contributed by atoms with Crippen molar-refractivity contribution in [3.63, 3.8) is 0 Å². The zero-order chi connectivity index (χ0) is 18.1. The Labute approximate surface area is 151 Å². The van der Waals surface area contributed by atoms with Crippen molar-refractivity contribution >= 4 is 11.8 Å². The summed E-state index contributed by atoms with van der Waals surface area (Å²) in [6.45, 7) is 3.90. The third-order valence-electron chi connectivity index (χ3n) is 5.48. The summed E-state index contributed by atoms with van der Waals surface area (Å²) in [7, 11) is 0. The van der Waals surface area contributed by atoms with E-state index in [2.05, 4.69) is 5.16 Å². The molecule has 0 aromatic carbocycles. The third-order valence-corrected chi connectivity index (χ3v) is 5.48. The van der Waals surface area contributed by atoms with Crippen LogP contribution in [0.25, 0.3) is 0 Å². The van der Waals surface area contributed by atoms with Gasteiger partial charge in [0.25, 0.3) is 5.91 Å². The normalized spacial score (nSPS) is 23.2. The lowest BCUT2D eigenvalue weighted by molar-refractivity contribution is -0.140. The van der Waals surface area contributed by atoms with Gasteiger partial charge in [0, 0.05) is 44.6 Å². The van der Waals surface area contributed by atoms with Gasteiger partial charge in [-0.1, -0.05) is 5.16 Å². The van der Waals surface area contributed by atoms with E-state index in [1.165, 1.54) is 6.26 Å². The average molecular weight is 357 g/mol. The lowest BCUT2D eigenvalue weighted by atomic mass is 9.83. The Kier molecular flexibility index (Phi) is 4.53. The summed E-state index contributed by atoms with van der Waals surface area (Å²) in [4.78, 5) is 28.8. The van der Waals surface area contributed by atoms with Crippen LogP contribution in [-0.4, -0.2) is 52.4 Å². The first-order valence-corrected chi connectivity index (χ1v) is 9.16. The maximum Gasteiger partial charge on any atom is 0.276 e. The van der Waals surface area contributed by atoms with Crippen LogP contribution >= 0.6 is 0 Å². The molecule has 7 nitrogen and oxygen atoms in total. The highest BCUT2D eigenvalue weighted by molar-refractivity contribution is 5.92. The molecule has 4 heterocycles. The highest BCUT2D eigenvalue weighted by Crippen LogP contribution is 2.32. The molecule has 4 rings (SSSR count). The smallest absolute Gasteiger partial charge is 0.276 e. The van der Waals surface area contributed by atoms with E-state index in [1.54, 1.807) is 6.07 Å². The second-order valence-electron chi connectivity index (χ2n) is 7.14. The highest BCUT2D eigenvalue weighted by Gasteiger charge is 2.40. The molecule has 26 heavy (non-hydrogen) atoms. The molecule has 2 aromatic rings. The Morgan fingerprint density at radius 3 is 2.92 bits per heavy atom. The molecule has 0 radical (unpaired) electrons. The second-order valence-corrected chi connectivity index (χ2v) is 7.14. The second kappa shape index (κ2) is 6.97. The Bertz CT molecular complexity index is 783. The van der Waals surface area contributed by atoms with Crippen LogP contribution in [0.15, 0.2) is 33.4 Å². The number of fused-ring (bicyclic) bond motifs is 1. The number of rotatable bonds is 4. The van der Waals surface area contributed by atoms with Crippen LogP contribution in [0.4, 0.5) is 0 Å². The van der Waals surface area contributed by atoms with Crippen molar-refractivity contribution in [2.45, 2.75) is 38.6 Å². The minimum absolute atomic E-state index is 0.0910. The molecule has 2 atom stereocenters. The monoisotopic (exact) mass is 357 g/mol. The quantitative estimate of drug-likeness (QED) is 0.839. The van der Waals surface area contributed by atoms with E-state index < -0.39 is 0 Å². The number of amides is 2. The molecule has 0 unspecified atom stereocenters. The standard InChI is InChI=1S/C19H23N3O4/c1-13-2-4-15(26-13)6-10-22-17-7-9-21(12-14(17)3-5-18(22)23)19(24)16-8-11-25-20-16/h2,4,8,11,14,17H,3,5-7,9-10,12H2,1H3/t14-,17+/m1/s1. The van der Waals surface area contributed by atoms with Gasteiger partial charge in [-0.25, -0.2) is 0 Å². The largest absolute Gasteiger partial charge is 0.466 e. The maximum atomic E-state index is 12.5. The number of carbonyl (C=O) groups is 2. The summed E-state index contributed by atoms with van der Waals surface area (Å²) in [5.41, 5.74) is 0.348. The van der Waals surface area contributed by atoms with Gasteiger partial charge in [0.05, 0.1) is 0 Å². The van der Waals surface area contributed by atoms with Crippen LogP contribution in [0.1, 0.15) is 41.3 Å². The molecule has 0 N–H and O–H groups in total. The van der Waals surface area contributed by atoms with Crippen molar-refractivity contribution in [1.82, 2.24) is 15.0 Å². The SMILES string of the molecule is Cc1ccc(CCN2C(=O)CC[C@@H]3CN(C(=O)c4ccon4)CC[C@@H]32)o1. The molecular formula is C19H23N3O4. The molecule has 138 valence electrons. The molecule has 7 heteroatoms. The van der Waals surface area contributed by atoms with Gasteiger partial charge >= 0.3 is 0 Å². The number of nitrogens with zero attached hydrogens (tertiary/aromatic N) is 3. The first kappa shape index (κ1) is 16.9. The Morgan fingerprint density at radius 2 is 2.19 bits per heavy atom. The summed E-state index contributed by atoms with van der Waals surface area (Å²) in [5, 5.41) is 3.75. The molecule has 0 bridgehead atoms. The first-order chi connectivity index (χ1) is 12.6. The summed E-state index contributed by atoms with van der Waals surface area (Å²) in [6, 6.07) is 5.72. The van der Waals surface area contributed by atoms with Gasteiger partial charge in [-0.15, -0.1) is 0 Å². The van der Waals surface area contributed by atoms with E-state index in [9.17, 15) is 9.59 Å². The van der Waals surface area contributed by atoms with Crippen LogP contribution in [0.2, 0.25) is 0 Å². The van der Waals surface area contributed by atoms with Gasteiger partial charge in [-0.05, 0) is 37.8 Å². The number of piperidine rings is 2. The van der Waals surface area contributed by atoms with Crippen LogP contribution in [0, 0.1) is 12.8 Å². The summed E-state index contributed by atoms with van der Waals surface area (Å²) in [6.07, 6.45) is 4.33. The Hall–Kier alpha value is -2.57. The topological polar surface area (TPSA) is 79.8 Å². The predicted molar refractivity (Wildman–Crippen MR) is 92.4 cm³/mol. The van der Waals surface area contributed by atoms with Gasteiger partial charge < -0.3 is 18.7 Å². The molecule has 2 aliphatic heterocycles. The molecule has 2 saturated heterocycles. The maximum absolute atomic E-state index is 12.5. The molecular weight excluding hydrogens is 334 g/mol. The fourth-order valence-electron chi connectivity index (χ4n) is 4.16. The predicted octanol–water partition coefficient (Wildman–Crippen LogP) is 2.27. The van der Waals surface area contributed by atoms with Crippen LogP contribution < -0.4 is 0 Å². The van der Waals surface area contributed by atoms with Crippen molar-refractivity contribution in [1.29, 1.82) is 0 Å². The van der Waals surface area contributed by atoms with Gasteiger partial charge in [-0.3, -0.25) is 9.59 Å². The van der Waals surface area contributed by atoms with Crippen molar-refractivity contribution < 1.29 is 18.5 Å². The minimum Gasteiger partial charge on any atom is -0.466 e. The summed E-state index contributed by atoms with van der Waals surface area (Å²) >= 11 is 0. The van der Waals surface area contributed by atoms with E-state index in [0.717, 1.165) is 30.8 Å². The first-order valence-electron chi connectivity index (χ1n) is 9.16. The molecule has 2 amide bonds. The Balaban J connectivity index is 1.41. The number of aryl methyl sites for hydroxylation is 1. The number of likely N-dealkylation sites (tertiary alicyclic amines) is 2. The third kappa shape index (κ3) is 3.25. The fraction of sp³-hybridized carbons (Fsp3) is 0.526. The zero-order valence-electron chi connectivity index (χ0n) is 14.9. The van der Waals surface area contributed by atoms with Crippen molar-refractivity contribution in [3.05, 3.63) is 41.7 Å². The Morgan fingerprint density at radius 1 is 1.31 bits per heavy atom. The lowest BCUT2D eigenvalue weighted by Gasteiger charge is -2.47. The van der Waals surface area contributed by atoms with E-state index >= 15 is 0 Å². The molecule has 2 fully saturated rings. The van der Waals surface area contributed by atoms with Crippen molar-refractivity contribution in [2.75, 3.05) is 19.6 Å². The number of carbonyl (C=O) groups excluding carboxylic acids is 2. The van der Waals surface area contributed by atoms with Gasteiger partial charge in [-0.2, -0.15) is 0 Å². The number of furan rings is 1. The molecule has 0 aliphatic carbocycles. The molecule has 0 saturated carbocycles. The van der Waals surface area contributed by atoms with E-state index in [1.807, 2.05) is 28.9 Å². The molecule has 2 aromatic heterocycles. The zero-order valence-corrected chi connectivity index (χ0v) is 14.9. The molecule has 2 aliphatic rings. The number of hydrogen-bond acceptors (Lipinski definition) is 5. The number of aromatic nitrogens is 1. The molecule has 0 spiro atoms. The van der Waals surface area contributed by atoms with Gasteiger partial charge in [0.1, 0.15) is 17.8 Å². The van der Waals surface area contributed by atoms with Crippen LogP contribution in [-0.2, 0) is 11.2 Å². The van der Waals surface area contributed by atoms with Crippen molar-refractivity contribution in [3.8, 4) is 0 Å². The summed E-state index contributed by atoms with van der Waals surface area (Å²) in [5.74, 6) is 2.24. The van der Waals surface area contributed by atoms with Crippen molar-refractivity contribution in [2.24, 2.45) is 5.92 Å². The lowest BCUT2D eigenvalue weighted by Crippen LogP contribution is -2.57. The number of hydrogen-bond donors (Lipinski definition) is 0. The fourth-order valence-corrected chi connectivity index (χ4v) is 4.16. The van der Waals surface area contributed by atoms with E-state index in [-0.39, 0.29) is 17.9 Å². The average Bonchev–Trinajstić information content (AvgIpc) is 3.32. The van der Waals surface area contributed by atoms with Gasteiger partial charge in [0.2, 0.25) is 5.91 Å². The van der Waals surface area contributed by atoms with E-state index in [0.29, 0.717) is 37.7 Å². The summed E-state index contributed by atoms with van der Waals surface area (Å²) < 4.78 is 10.4. The minimum atomic E-state index is -0.0910. The van der Waals surface area contributed by atoms with E-state index in [4.69, 9.17) is 8.94 Å². The van der Waals surface area contributed by atoms with Crippen LogP contribution in [0.3, 0.4) is 0 Å². The van der Waals surface area contributed by atoms with Crippen LogP contribution in [0.5, 0.6) is 0 Å². The van der Waals surface area contributed by atoms with Gasteiger partial charge in [0.15, 0.2) is 5.69 Å². The highest BCUT2D eigenvalue weighted by atomic mass is 16.5.